The molecule has 4 nitrogen and oxygen atoms in total. The van der Waals surface area contributed by atoms with Crippen molar-refractivity contribution < 1.29 is 14.3 Å². The molecule has 0 unspecified atom stereocenters. The number of para-hydroxylation sites is 1. The molecule has 0 aliphatic carbocycles. The van der Waals surface area contributed by atoms with E-state index in [-0.39, 0.29) is 0 Å². The normalized spacial score (nSPS) is 14.1. The van der Waals surface area contributed by atoms with Crippen molar-refractivity contribution in [1.29, 1.82) is 0 Å². The highest BCUT2D eigenvalue weighted by Crippen LogP contribution is 2.07. The molecular weight excluding hydrogens is 218 g/mol. The Morgan fingerprint density at radius 1 is 1.29 bits per heavy atom. The van der Waals surface area contributed by atoms with E-state index in [4.69, 9.17) is 9.47 Å². The predicted octanol–water partition coefficient (Wildman–Crippen LogP) is 1.38. The summed E-state index contributed by atoms with van der Waals surface area (Å²) in [4.78, 5) is 10.6. The second-order valence-corrected chi connectivity index (χ2v) is 3.30. The van der Waals surface area contributed by atoms with Gasteiger partial charge in [0.2, 0.25) is 0 Å². The lowest BCUT2D eigenvalue weighted by molar-refractivity contribution is -0.128. The van der Waals surface area contributed by atoms with Crippen molar-refractivity contribution in [1.82, 2.24) is 5.32 Å². The molecule has 1 aliphatic rings. The molecule has 0 amide bonds. The Balaban J connectivity index is 0.000000202. The largest absolute Gasteiger partial charge is 0.423 e. The maximum atomic E-state index is 10.6. The van der Waals surface area contributed by atoms with Crippen LogP contribution in [-0.4, -0.2) is 32.3 Å². The van der Waals surface area contributed by atoms with Gasteiger partial charge in [0.05, 0.1) is 13.2 Å². The number of hydrogen-bond acceptors (Lipinski definition) is 4. The molecule has 2 rings (SSSR count). The fraction of sp³-hybridized carbons (Fsp3) is 0.308. The molecule has 1 N–H and O–H groups in total. The van der Waals surface area contributed by atoms with Crippen LogP contribution in [0.1, 0.15) is 0 Å². The lowest BCUT2D eigenvalue weighted by Gasteiger charge is -2.10. The van der Waals surface area contributed by atoms with Gasteiger partial charge in [0.1, 0.15) is 5.75 Å². The van der Waals surface area contributed by atoms with Crippen molar-refractivity contribution in [2.45, 2.75) is 0 Å². The Hall–Kier alpha value is -1.65. The number of benzene rings is 1. The molecular formula is C13H17NO3. The van der Waals surface area contributed by atoms with Gasteiger partial charge in [-0.25, -0.2) is 4.79 Å². The Kier molecular flexibility index (Phi) is 6.70. The number of morpholine rings is 1. The fourth-order valence-electron chi connectivity index (χ4n) is 1.16. The molecule has 1 fully saturated rings. The molecule has 4 heteroatoms. The zero-order valence-corrected chi connectivity index (χ0v) is 9.72. The van der Waals surface area contributed by atoms with Crippen LogP contribution < -0.4 is 10.1 Å². The van der Waals surface area contributed by atoms with Gasteiger partial charge in [-0.1, -0.05) is 24.8 Å². The third-order valence-electron chi connectivity index (χ3n) is 1.97. The summed E-state index contributed by atoms with van der Waals surface area (Å²) in [5.41, 5.74) is 0. The van der Waals surface area contributed by atoms with Crippen LogP contribution in [0.3, 0.4) is 0 Å². The fourth-order valence-corrected chi connectivity index (χ4v) is 1.16. The van der Waals surface area contributed by atoms with Gasteiger partial charge in [0.25, 0.3) is 0 Å². The van der Waals surface area contributed by atoms with E-state index >= 15 is 0 Å². The second kappa shape index (κ2) is 8.50. The van der Waals surface area contributed by atoms with Crippen LogP contribution in [-0.2, 0) is 9.53 Å². The molecule has 92 valence electrons. The maximum Gasteiger partial charge on any atom is 0.335 e. The monoisotopic (exact) mass is 235 g/mol. The molecule has 1 aliphatic heterocycles. The summed E-state index contributed by atoms with van der Waals surface area (Å²) in [6.45, 7) is 7.12. The average Bonchev–Trinajstić information content (AvgIpc) is 2.42. The van der Waals surface area contributed by atoms with E-state index in [9.17, 15) is 4.79 Å². The number of ether oxygens (including phenoxy) is 2. The Labute approximate surface area is 101 Å². The van der Waals surface area contributed by atoms with E-state index in [1.807, 2.05) is 6.07 Å². The minimum absolute atomic E-state index is 0.434. The van der Waals surface area contributed by atoms with Crippen LogP contribution in [0.15, 0.2) is 43.0 Å². The van der Waals surface area contributed by atoms with Crippen molar-refractivity contribution in [3.63, 3.8) is 0 Å². The first-order chi connectivity index (χ1) is 8.33. The zero-order valence-electron chi connectivity index (χ0n) is 9.72. The summed E-state index contributed by atoms with van der Waals surface area (Å²) in [7, 11) is 0. The van der Waals surface area contributed by atoms with E-state index < -0.39 is 5.97 Å². The Bertz CT molecular complexity index is 322. The lowest BCUT2D eigenvalue weighted by Crippen LogP contribution is -2.30. The number of hydrogen-bond donors (Lipinski definition) is 1. The smallest absolute Gasteiger partial charge is 0.335 e. The maximum absolute atomic E-state index is 10.6. The summed E-state index contributed by atoms with van der Waals surface area (Å²) in [5.74, 6) is 0.105. The van der Waals surface area contributed by atoms with Crippen molar-refractivity contribution in [3.05, 3.63) is 43.0 Å². The van der Waals surface area contributed by atoms with Gasteiger partial charge in [-0.15, -0.1) is 0 Å². The van der Waals surface area contributed by atoms with Crippen LogP contribution in [0, 0.1) is 0 Å². The van der Waals surface area contributed by atoms with E-state index in [0.29, 0.717) is 5.75 Å². The van der Waals surface area contributed by atoms with Crippen LogP contribution in [0.2, 0.25) is 0 Å². The number of carbonyl (C=O) groups is 1. The molecule has 0 bridgehead atoms. The van der Waals surface area contributed by atoms with Crippen molar-refractivity contribution in [2.75, 3.05) is 26.3 Å². The molecule has 17 heavy (non-hydrogen) atoms. The second-order valence-electron chi connectivity index (χ2n) is 3.30. The van der Waals surface area contributed by atoms with E-state index in [1.54, 1.807) is 24.3 Å². The lowest BCUT2D eigenvalue weighted by atomic mass is 10.3. The standard InChI is InChI=1S/C9H8O2.C4H9NO/c1-2-9(10)11-8-6-4-3-5-7-8;1-3-6-4-2-5-1/h2-7H,1H2;5H,1-4H2. The van der Waals surface area contributed by atoms with Gasteiger partial charge in [-0.3, -0.25) is 0 Å². The first kappa shape index (κ1) is 13.4. The molecule has 1 heterocycles. The minimum Gasteiger partial charge on any atom is -0.423 e. The molecule has 0 aromatic heterocycles. The zero-order chi connectivity index (χ0) is 12.3. The predicted molar refractivity (Wildman–Crippen MR) is 66.0 cm³/mol. The van der Waals surface area contributed by atoms with Crippen molar-refractivity contribution in [3.8, 4) is 5.75 Å². The molecule has 1 saturated heterocycles. The summed E-state index contributed by atoms with van der Waals surface area (Å²) < 4.78 is 9.81. The first-order valence-electron chi connectivity index (χ1n) is 5.50. The molecule has 0 saturated carbocycles. The first-order valence-corrected chi connectivity index (χ1v) is 5.50. The molecule has 0 atom stereocenters. The summed E-state index contributed by atoms with van der Waals surface area (Å²) >= 11 is 0. The third kappa shape index (κ3) is 6.50. The number of nitrogens with one attached hydrogen (secondary N) is 1. The van der Waals surface area contributed by atoms with Crippen molar-refractivity contribution >= 4 is 5.97 Å². The number of rotatable bonds is 2. The highest BCUT2D eigenvalue weighted by Gasteiger charge is 1.95. The molecule has 0 spiro atoms. The van der Waals surface area contributed by atoms with Gasteiger partial charge in [-0.2, -0.15) is 0 Å². The van der Waals surface area contributed by atoms with Gasteiger partial charge < -0.3 is 14.8 Å². The quantitative estimate of drug-likeness (QED) is 0.478. The van der Waals surface area contributed by atoms with Gasteiger partial charge in [0.15, 0.2) is 0 Å². The topological polar surface area (TPSA) is 47.6 Å². The summed E-state index contributed by atoms with van der Waals surface area (Å²) in [6, 6.07) is 8.87. The Morgan fingerprint density at radius 2 is 1.94 bits per heavy atom. The molecule has 0 radical (unpaired) electrons. The summed E-state index contributed by atoms with van der Waals surface area (Å²) in [5, 5.41) is 3.16. The van der Waals surface area contributed by atoms with Crippen LogP contribution in [0.4, 0.5) is 0 Å². The van der Waals surface area contributed by atoms with Crippen LogP contribution in [0.5, 0.6) is 5.75 Å². The van der Waals surface area contributed by atoms with Crippen LogP contribution in [0.25, 0.3) is 0 Å². The third-order valence-corrected chi connectivity index (χ3v) is 1.97. The van der Waals surface area contributed by atoms with E-state index in [2.05, 4.69) is 11.9 Å². The van der Waals surface area contributed by atoms with E-state index in [0.717, 1.165) is 32.4 Å². The SMILES string of the molecule is C1COCCN1.C=CC(=O)Oc1ccccc1. The number of carbonyl (C=O) groups excluding carboxylic acids is 1. The molecule has 1 aromatic carbocycles. The van der Waals surface area contributed by atoms with Crippen molar-refractivity contribution in [2.24, 2.45) is 0 Å². The van der Waals surface area contributed by atoms with Gasteiger partial charge in [0, 0.05) is 19.2 Å². The van der Waals surface area contributed by atoms with Gasteiger partial charge >= 0.3 is 5.97 Å². The minimum atomic E-state index is -0.434. The Morgan fingerprint density at radius 3 is 2.35 bits per heavy atom. The number of esters is 1. The highest BCUT2D eigenvalue weighted by molar-refractivity contribution is 5.83. The molecule has 1 aromatic rings. The summed E-state index contributed by atoms with van der Waals surface area (Å²) in [6.07, 6.45) is 1.13. The highest BCUT2D eigenvalue weighted by atomic mass is 16.5. The van der Waals surface area contributed by atoms with Gasteiger partial charge in [-0.05, 0) is 12.1 Å². The van der Waals surface area contributed by atoms with Crippen LogP contribution >= 0.6 is 0 Å². The average molecular weight is 235 g/mol. The van der Waals surface area contributed by atoms with E-state index in [1.165, 1.54) is 0 Å².